The Morgan fingerprint density at radius 1 is 1.00 bits per heavy atom. The number of oxazole rings is 1. The number of rotatable bonds is 7. The Bertz CT molecular complexity index is 1070. The van der Waals surface area contributed by atoms with Crippen molar-refractivity contribution in [3.05, 3.63) is 87.3 Å². The van der Waals surface area contributed by atoms with Crippen LogP contribution in [-0.2, 0) is 24.4 Å². The van der Waals surface area contributed by atoms with Gasteiger partial charge in [-0.3, -0.25) is 9.69 Å². The number of nitrogens with zero attached hydrogens (tertiary/aromatic N) is 3. The second-order valence-corrected chi connectivity index (χ2v) is 8.37. The van der Waals surface area contributed by atoms with Gasteiger partial charge in [0.05, 0.1) is 29.8 Å². The van der Waals surface area contributed by atoms with Gasteiger partial charge < -0.3 is 14.1 Å². The molecule has 1 aromatic heterocycles. The molecule has 2 heterocycles. The van der Waals surface area contributed by atoms with Crippen LogP contribution in [0.2, 0.25) is 10.0 Å². The summed E-state index contributed by atoms with van der Waals surface area (Å²) in [5, 5.41) is 0.958. The molecular weight excluding hydrogens is 456 g/mol. The molecule has 1 aliphatic rings. The molecule has 0 radical (unpaired) electrons. The molecule has 3 aromatic rings. The van der Waals surface area contributed by atoms with Crippen LogP contribution in [0.5, 0.6) is 0 Å². The Hall–Kier alpha value is -2.45. The van der Waals surface area contributed by atoms with Gasteiger partial charge in [0.2, 0.25) is 5.89 Å². The molecule has 0 bridgehead atoms. The zero-order valence-corrected chi connectivity index (χ0v) is 18.8. The monoisotopic (exact) mass is 477 g/mol. The molecule has 0 spiro atoms. The number of hydrogen-bond acceptors (Lipinski definition) is 5. The first-order chi connectivity index (χ1) is 15.5. The fourth-order valence-electron chi connectivity index (χ4n) is 3.51. The van der Waals surface area contributed by atoms with Crippen molar-refractivity contribution in [3.63, 3.8) is 0 Å². The standard InChI is InChI=1S/C23H22Cl2FN3O3/c24-19-6-3-17(11-20(19)25)13-28(12-16-1-4-18(26)5-2-16)14-22-27-21(15-32-22)23(30)29-7-9-31-10-8-29/h1-6,11,15H,7-10,12-14H2. The number of aromatic nitrogens is 1. The van der Waals surface area contributed by atoms with Crippen molar-refractivity contribution in [2.75, 3.05) is 26.3 Å². The minimum Gasteiger partial charge on any atom is -0.447 e. The molecule has 0 aliphatic carbocycles. The molecule has 1 amide bonds. The highest BCUT2D eigenvalue weighted by Gasteiger charge is 2.22. The first-order valence-corrected chi connectivity index (χ1v) is 11.0. The Morgan fingerprint density at radius 3 is 2.41 bits per heavy atom. The zero-order valence-electron chi connectivity index (χ0n) is 17.3. The van der Waals surface area contributed by atoms with E-state index < -0.39 is 0 Å². The lowest BCUT2D eigenvalue weighted by Crippen LogP contribution is -2.40. The van der Waals surface area contributed by atoms with Crippen molar-refractivity contribution >= 4 is 29.1 Å². The van der Waals surface area contributed by atoms with Gasteiger partial charge in [-0.2, -0.15) is 0 Å². The summed E-state index contributed by atoms with van der Waals surface area (Å²) in [6.45, 7) is 3.52. The number of benzene rings is 2. The van der Waals surface area contributed by atoms with E-state index in [-0.39, 0.29) is 17.4 Å². The maximum absolute atomic E-state index is 13.3. The molecule has 1 aliphatic heterocycles. The summed E-state index contributed by atoms with van der Waals surface area (Å²) in [5.74, 6) is -0.0367. The van der Waals surface area contributed by atoms with Crippen LogP contribution in [0.4, 0.5) is 4.39 Å². The second-order valence-electron chi connectivity index (χ2n) is 7.55. The van der Waals surface area contributed by atoms with Crippen molar-refractivity contribution in [2.45, 2.75) is 19.6 Å². The highest BCUT2D eigenvalue weighted by molar-refractivity contribution is 6.42. The van der Waals surface area contributed by atoms with Gasteiger partial charge in [-0.05, 0) is 35.4 Å². The second kappa shape index (κ2) is 10.4. The first-order valence-electron chi connectivity index (χ1n) is 10.2. The van der Waals surface area contributed by atoms with Gasteiger partial charge in [0.25, 0.3) is 5.91 Å². The molecule has 2 aromatic carbocycles. The van der Waals surface area contributed by atoms with Crippen molar-refractivity contribution in [2.24, 2.45) is 0 Å². The van der Waals surface area contributed by atoms with Gasteiger partial charge in [0.15, 0.2) is 5.69 Å². The lowest BCUT2D eigenvalue weighted by Gasteiger charge is -2.25. The average molecular weight is 478 g/mol. The summed E-state index contributed by atoms with van der Waals surface area (Å²) in [6.07, 6.45) is 1.39. The predicted octanol–water partition coefficient (Wildman–Crippen LogP) is 4.80. The number of hydrogen-bond donors (Lipinski definition) is 0. The molecule has 0 atom stereocenters. The first kappa shape index (κ1) is 22.7. The third kappa shape index (κ3) is 5.86. The van der Waals surface area contributed by atoms with E-state index in [1.54, 1.807) is 23.1 Å². The lowest BCUT2D eigenvalue weighted by atomic mass is 10.1. The number of carbonyl (C=O) groups is 1. The van der Waals surface area contributed by atoms with Crippen LogP contribution >= 0.6 is 23.2 Å². The topological polar surface area (TPSA) is 58.8 Å². The van der Waals surface area contributed by atoms with Gasteiger partial charge >= 0.3 is 0 Å². The molecule has 9 heteroatoms. The normalized spacial score (nSPS) is 14.2. The van der Waals surface area contributed by atoms with Gasteiger partial charge in [0.1, 0.15) is 12.1 Å². The summed E-state index contributed by atoms with van der Waals surface area (Å²) in [4.78, 5) is 20.8. The molecule has 1 saturated heterocycles. The average Bonchev–Trinajstić information content (AvgIpc) is 3.26. The van der Waals surface area contributed by atoms with Crippen molar-refractivity contribution < 1.29 is 18.3 Å². The predicted molar refractivity (Wildman–Crippen MR) is 119 cm³/mol. The summed E-state index contributed by atoms with van der Waals surface area (Å²) in [7, 11) is 0. The summed E-state index contributed by atoms with van der Waals surface area (Å²) in [5.41, 5.74) is 2.17. The number of halogens is 3. The summed E-state index contributed by atoms with van der Waals surface area (Å²) in [6, 6.07) is 11.8. The Balaban J connectivity index is 1.50. The van der Waals surface area contributed by atoms with E-state index in [4.69, 9.17) is 32.4 Å². The van der Waals surface area contributed by atoms with Crippen LogP contribution in [0.3, 0.4) is 0 Å². The van der Waals surface area contributed by atoms with Crippen LogP contribution in [-0.4, -0.2) is 47.0 Å². The molecule has 0 N–H and O–H groups in total. The highest BCUT2D eigenvalue weighted by Crippen LogP contribution is 2.24. The van der Waals surface area contributed by atoms with E-state index in [1.165, 1.54) is 18.4 Å². The number of amides is 1. The van der Waals surface area contributed by atoms with Crippen LogP contribution in [0.15, 0.2) is 53.1 Å². The molecule has 168 valence electrons. The Morgan fingerprint density at radius 2 is 1.69 bits per heavy atom. The third-order valence-corrected chi connectivity index (χ3v) is 5.88. The van der Waals surface area contributed by atoms with E-state index in [0.29, 0.717) is 61.9 Å². The minimum absolute atomic E-state index is 0.169. The lowest BCUT2D eigenvalue weighted by molar-refractivity contribution is 0.0299. The number of ether oxygens (including phenoxy) is 1. The molecule has 6 nitrogen and oxygen atoms in total. The van der Waals surface area contributed by atoms with Crippen LogP contribution in [0.25, 0.3) is 0 Å². The SMILES string of the molecule is O=C(c1coc(CN(Cc2ccc(F)cc2)Cc2ccc(Cl)c(Cl)c2)n1)N1CCOCC1. The number of carbonyl (C=O) groups excluding carboxylic acids is 1. The van der Waals surface area contributed by atoms with E-state index in [1.807, 2.05) is 12.1 Å². The van der Waals surface area contributed by atoms with Crippen LogP contribution in [0.1, 0.15) is 27.5 Å². The fourth-order valence-corrected chi connectivity index (χ4v) is 3.83. The third-order valence-electron chi connectivity index (χ3n) is 5.14. The fraction of sp³-hybridized carbons (Fsp3) is 0.304. The molecule has 32 heavy (non-hydrogen) atoms. The largest absolute Gasteiger partial charge is 0.447 e. The van der Waals surface area contributed by atoms with Crippen molar-refractivity contribution in [3.8, 4) is 0 Å². The Labute approximate surface area is 195 Å². The highest BCUT2D eigenvalue weighted by atomic mass is 35.5. The summed E-state index contributed by atoms with van der Waals surface area (Å²) >= 11 is 12.2. The molecule has 1 fully saturated rings. The van der Waals surface area contributed by atoms with Crippen LogP contribution < -0.4 is 0 Å². The molecule has 0 unspecified atom stereocenters. The Kier molecular flexibility index (Phi) is 7.42. The maximum Gasteiger partial charge on any atom is 0.275 e. The van der Waals surface area contributed by atoms with Gasteiger partial charge in [0, 0.05) is 26.2 Å². The molecule has 0 saturated carbocycles. The summed E-state index contributed by atoms with van der Waals surface area (Å²) < 4.78 is 24.2. The van der Waals surface area contributed by atoms with E-state index >= 15 is 0 Å². The van der Waals surface area contributed by atoms with Gasteiger partial charge in [-0.1, -0.05) is 41.4 Å². The quantitative estimate of drug-likeness (QED) is 0.489. The molecular formula is C23H22Cl2FN3O3. The van der Waals surface area contributed by atoms with E-state index in [0.717, 1.165) is 11.1 Å². The van der Waals surface area contributed by atoms with E-state index in [9.17, 15) is 9.18 Å². The van der Waals surface area contributed by atoms with Crippen LogP contribution in [0, 0.1) is 5.82 Å². The van der Waals surface area contributed by atoms with Gasteiger partial charge in [-0.25, -0.2) is 9.37 Å². The van der Waals surface area contributed by atoms with Gasteiger partial charge in [-0.15, -0.1) is 0 Å². The smallest absolute Gasteiger partial charge is 0.275 e. The number of morpholine rings is 1. The van der Waals surface area contributed by atoms with E-state index in [2.05, 4.69) is 9.88 Å². The van der Waals surface area contributed by atoms with Crippen molar-refractivity contribution in [1.29, 1.82) is 0 Å². The molecule has 4 rings (SSSR count). The minimum atomic E-state index is -0.288. The zero-order chi connectivity index (χ0) is 22.5. The van der Waals surface area contributed by atoms with Crippen molar-refractivity contribution in [1.82, 2.24) is 14.8 Å². The maximum atomic E-state index is 13.3.